The van der Waals surface area contributed by atoms with E-state index in [1.54, 1.807) is 25.1 Å². The van der Waals surface area contributed by atoms with Crippen LogP contribution in [0.15, 0.2) is 34.9 Å². The van der Waals surface area contributed by atoms with Crippen LogP contribution in [0.2, 0.25) is 0 Å². The second-order valence-electron chi connectivity index (χ2n) is 3.66. The standard InChI is InChI=1S/C11H11N3O4/c1-7(12)17-11-6-10(18-13-11)8-2-4-9(5-3-8)14(15)16/h2-7H,12H2,1H3. The first-order valence-corrected chi connectivity index (χ1v) is 5.20. The van der Waals surface area contributed by atoms with Gasteiger partial charge in [-0.25, -0.2) is 0 Å². The van der Waals surface area contributed by atoms with E-state index in [0.717, 1.165) is 0 Å². The molecule has 94 valence electrons. The fraction of sp³-hybridized carbons (Fsp3) is 0.182. The summed E-state index contributed by atoms with van der Waals surface area (Å²) in [6.45, 7) is 1.67. The highest BCUT2D eigenvalue weighted by Gasteiger charge is 2.11. The van der Waals surface area contributed by atoms with Crippen molar-refractivity contribution in [2.45, 2.75) is 13.2 Å². The second-order valence-corrected chi connectivity index (χ2v) is 3.66. The molecule has 2 N–H and O–H groups in total. The minimum absolute atomic E-state index is 0.0188. The highest BCUT2D eigenvalue weighted by atomic mass is 16.6. The highest BCUT2D eigenvalue weighted by Crippen LogP contribution is 2.25. The van der Waals surface area contributed by atoms with Crippen LogP contribution in [0.5, 0.6) is 5.88 Å². The van der Waals surface area contributed by atoms with E-state index in [2.05, 4.69) is 5.16 Å². The number of nitro groups is 1. The van der Waals surface area contributed by atoms with E-state index >= 15 is 0 Å². The molecule has 0 fully saturated rings. The smallest absolute Gasteiger partial charge is 0.269 e. The molecule has 0 saturated carbocycles. The maximum absolute atomic E-state index is 10.5. The summed E-state index contributed by atoms with van der Waals surface area (Å²) in [6.07, 6.45) is -0.486. The van der Waals surface area contributed by atoms with Gasteiger partial charge in [0.15, 0.2) is 5.76 Å². The number of hydrogen-bond acceptors (Lipinski definition) is 6. The lowest BCUT2D eigenvalue weighted by atomic mass is 10.1. The van der Waals surface area contributed by atoms with Crippen LogP contribution in [0.3, 0.4) is 0 Å². The van der Waals surface area contributed by atoms with Crippen molar-refractivity contribution in [3.63, 3.8) is 0 Å². The fourth-order valence-corrected chi connectivity index (χ4v) is 1.39. The molecule has 1 atom stereocenters. The molecule has 7 nitrogen and oxygen atoms in total. The maximum atomic E-state index is 10.5. The molecule has 0 amide bonds. The molecule has 1 unspecified atom stereocenters. The summed E-state index contributed by atoms with van der Waals surface area (Å²) in [6, 6.07) is 7.51. The fourth-order valence-electron chi connectivity index (χ4n) is 1.39. The van der Waals surface area contributed by atoms with Crippen molar-refractivity contribution in [1.29, 1.82) is 0 Å². The van der Waals surface area contributed by atoms with Crippen molar-refractivity contribution < 1.29 is 14.2 Å². The first kappa shape index (κ1) is 12.1. The summed E-state index contributed by atoms with van der Waals surface area (Å²) in [4.78, 5) is 10.0. The highest BCUT2D eigenvalue weighted by molar-refractivity contribution is 5.59. The largest absolute Gasteiger partial charge is 0.457 e. The number of ether oxygens (including phenoxy) is 1. The molecule has 0 aliphatic heterocycles. The number of aromatic nitrogens is 1. The van der Waals surface area contributed by atoms with Crippen LogP contribution in [0.25, 0.3) is 11.3 Å². The van der Waals surface area contributed by atoms with E-state index in [4.69, 9.17) is 15.0 Å². The van der Waals surface area contributed by atoms with Gasteiger partial charge < -0.3 is 9.26 Å². The Balaban J connectivity index is 2.20. The molecule has 7 heteroatoms. The first-order chi connectivity index (χ1) is 8.56. The zero-order valence-corrected chi connectivity index (χ0v) is 9.57. The molecule has 2 aromatic rings. The lowest BCUT2D eigenvalue weighted by Crippen LogP contribution is -2.22. The summed E-state index contributed by atoms with van der Waals surface area (Å²) >= 11 is 0. The van der Waals surface area contributed by atoms with E-state index in [1.807, 2.05) is 0 Å². The van der Waals surface area contributed by atoms with E-state index < -0.39 is 11.2 Å². The summed E-state index contributed by atoms with van der Waals surface area (Å²) < 4.78 is 10.2. The predicted molar refractivity (Wildman–Crippen MR) is 62.9 cm³/mol. The summed E-state index contributed by atoms with van der Waals surface area (Å²) in [5.74, 6) is 0.735. The Kier molecular flexibility index (Phi) is 3.24. The first-order valence-electron chi connectivity index (χ1n) is 5.20. The molecule has 0 radical (unpaired) electrons. The molecule has 0 spiro atoms. The molecule has 18 heavy (non-hydrogen) atoms. The van der Waals surface area contributed by atoms with Gasteiger partial charge in [0.2, 0.25) is 0 Å². The Morgan fingerprint density at radius 2 is 2.11 bits per heavy atom. The van der Waals surface area contributed by atoms with Crippen molar-refractivity contribution in [3.05, 3.63) is 40.4 Å². The van der Waals surface area contributed by atoms with Crippen LogP contribution < -0.4 is 10.5 Å². The molecule has 1 aromatic carbocycles. The Bertz CT molecular complexity index is 548. The average molecular weight is 249 g/mol. The topological polar surface area (TPSA) is 104 Å². The lowest BCUT2D eigenvalue weighted by Gasteiger charge is -2.03. The second kappa shape index (κ2) is 4.84. The number of nitrogens with two attached hydrogens (primary N) is 1. The van der Waals surface area contributed by atoms with Gasteiger partial charge in [0.25, 0.3) is 11.6 Å². The molecule has 0 aliphatic carbocycles. The Hall–Kier alpha value is -2.41. The zero-order valence-electron chi connectivity index (χ0n) is 9.57. The molecular formula is C11H11N3O4. The van der Waals surface area contributed by atoms with E-state index in [1.165, 1.54) is 12.1 Å². The summed E-state index contributed by atoms with van der Waals surface area (Å²) in [5, 5.41) is 14.2. The van der Waals surface area contributed by atoms with Gasteiger partial charge >= 0.3 is 0 Å². The van der Waals surface area contributed by atoms with Crippen LogP contribution in [0.1, 0.15) is 6.92 Å². The molecule has 0 saturated heterocycles. The minimum Gasteiger partial charge on any atom is -0.457 e. The van der Waals surface area contributed by atoms with Gasteiger partial charge in [-0.05, 0) is 24.2 Å². The van der Waals surface area contributed by atoms with Crippen LogP contribution in [0, 0.1) is 10.1 Å². The van der Waals surface area contributed by atoms with Crippen LogP contribution in [-0.2, 0) is 0 Å². The number of rotatable bonds is 4. The third kappa shape index (κ3) is 2.64. The number of non-ortho nitro benzene ring substituents is 1. The third-order valence-electron chi connectivity index (χ3n) is 2.16. The molecule has 1 aromatic heterocycles. The summed E-state index contributed by atoms with van der Waals surface area (Å²) in [5.41, 5.74) is 6.14. The number of nitrogens with zero attached hydrogens (tertiary/aromatic N) is 2. The van der Waals surface area contributed by atoms with Crippen molar-refractivity contribution in [3.8, 4) is 17.2 Å². The van der Waals surface area contributed by atoms with Crippen molar-refractivity contribution >= 4 is 5.69 Å². The van der Waals surface area contributed by atoms with E-state index in [9.17, 15) is 10.1 Å². The van der Waals surface area contributed by atoms with E-state index in [0.29, 0.717) is 11.3 Å². The van der Waals surface area contributed by atoms with Crippen molar-refractivity contribution in [2.75, 3.05) is 0 Å². The predicted octanol–water partition coefficient (Wildman–Crippen LogP) is 1.93. The van der Waals surface area contributed by atoms with E-state index in [-0.39, 0.29) is 11.6 Å². The molecule has 0 aliphatic rings. The number of nitro benzene ring substituents is 1. The lowest BCUT2D eigenvalue weighted by molar-refractivity contribution is -0.384. The minimum atomic E-state index is -0.486. The number of benzene rings is 1. The zero-order chi connectivity index (χ0) is 13.1. The SMILES string of the molecule is CC(N)Oc1cc(-c2ccc([N+](=O)[O-])cc2)on1. The quantitative estimate of drug-likeness (QED) is 0.504. The maximum Gasteiger partial charge on any atom is 0.269 e. The number of hydrogen-bond donors (Lipinski definition) is 1. The molecular weight excluding hydrogens is 238 g/mol. The Labute approximate surface area is 102 Å². The van der Waals surface area contributed by atoms with Crippen LogP contribution in [-0.4, -0.2) is 16.3 Å². The van der Waals surface area contributed by atoms with Gasteiger partial charge in [0, 0.05) is 23.8 Å². The molecule has 0 bridgehead atoms. The van der Waals surface area contributed by atoms with Crippen LogP contribution >= 0.6 is 0 Å². The molecule has 2 rings (SSSR count). The monoisotopic (exact) mass is 249 g/mol. The van der Waals surface area contributed by atoms with Gasteiger partial charge in [0.1, 0.15) is 6.23 Å². The average Bonchev–Trinajstić information content (AvgIpc) is 2.76. The Morgan fingerprint density at radius 3 is 2.67 bits per heavy atom. The van der Waals surface area contributed by atoms with Gasteiger partial charge in [-0.3, -0.25) is 15.8 Å². The van der Waals surface area contributed by atoms with Crippen LogP contribution in [0.4, 0.5) is 5.69 Å². The van der Waals surface area contributed by atoms with Gasteiger partial charge in [-0.1, -0.05) is 0 Å². The van der Waals surface area contributed by atoms with Crippen molar-refractivity contribution in [1.82, 2.24) is 5.16 Å². The normalized spacial score (nSPS) is 12.1. The van der Waals surface area contributed by atoms with Gasteiger partial charge in [-0.2, -0.15) is 0 Å². The van der Waals surface area contributed by atoms with Crippen molar-refractivity contribution in [2.24, 2.45) is 5.73 Å². The molecule has 1 heterocycles. The third-order valence-corrected chi connectivity index (χ3v) is 2.16. The Morgan fingerprint density at radius 1 is 1.44 bits per heavy atom. The van der Waals surface area contributed by atoms with Gasteiger partial charge in [-0.15, -0.1) is 0 Å². The van der Waals surface area contributed by atoms with Gasteiger partial charge in [0.05, 0.1) is 4.92 Å². The summed E-state index contributed by atoms with van der Waals surface area (Å²) in [7, 11) is 0.